The van der Waals surface area contributed by atoms with Crippen LogP contribution in [-0.2, 0) is 0 Å². The van der Waals surface area contributed by atoms with Crippen LogP contribution in [0, 0.1) is 0 Å². The topological polar surface area (TPSA) is 9.72 Å². The Morgan fingerprint density at radius 2 is 0.147 bits per heavy atom. The van der Waals surface area contributed by atoms with Crippen LogP contribution in [0.25, 0.3) is 0 Å². The molecule has 0 aromatic heterocycles. The van der Waals surface area contributed by atoms with E-state index in [1.807, 2.05) is 0 Å². The Kier molecular flexibility index (Phi) is 107. The maximum absolute atomic E-state index is 2.60. The molecule has 0 bridgehead atoms. The van der Waals surface area contributed by atoms with Gasteiger partial charge in [0.2, 0.25) is 0 Å². The van der Waals surface area contributed by atoms with Gasteiger partial charge in [0.05, 0.1) is 0 Å². The van der Waals surface area contributed by atoms with Crippen molar-refractivity contribution in [3.63, 3.8) is 0 Å². The van der Waals surface area contributed by atoms with Gasteiger partial charge in [0.15, 0.2) is 0 Å². The van der Waals surface area contributed by atoms with Crippen molar-refractivity contribution in [1.82, 2.24) is 14.7 Å². The lowest BCUT2D eigenvalue weighted by atomic mass is 10.0. The summed E-state index contributed by atoms with van der Waals surface area (Å²) in [6, 6.07) is 0. The van der Waals surface area contributed by atoms with E-state index in [1.54, 1.807) is 0 Å². The number of hydrogen-bond donors (Lipinski definition) is 0. The minimum absolute atomic E-state index is 1.31. The number of rotatable bonds is 90. The smallest absolute Gasteiger partial charge is 0.00218 e. The first-order chi connectivity index (χ1) is 50.4. The van der Waals surface area contributed by atoms with E-state index in [0.717, 1.165) is 0 Å². The molecular weight excluding hydrogens is 1230 g/mol. The molecule has 3 heteroatoms. The van der Waals surface area contributed by atoms with Crippen LogP contribution in [0.5, 0.6) is 0 Å². The van der Waals surface area contributed by atoms with Gasteiger partial charge in [-0.05, 0) is 98.9 Å². The normalized spacial score (nSPS) is 11.6. The highest BCUT2D eigenvalue weighted by atomic mass is 15.1. The van der Waals surface area contributed by atoms with E-state index >= 15 is 0 Å². The van der Waals surface area contributed by atoms with Gasteiger partial charge in [0, 0.05) is 0 Å². The summed E-state index contributed by atoms with van der Waals surface area (Å²) in [5.41, 5.74) is 0. The van der Waals surface area contributed by atoms with E-state index in [0.29, 0.717) is 0 Å². The molecule has 102 heavy (non-hydrogen) atoms. The fourth-order valence-corrected chi connectivity index (χ4v) is 15.8. The molecule has 3 nitrogen and oxygen atoms in total. The SMILES string of the molecule is CCCCCCCCCCCCCCCCCCCCN(C)CCCCCCCCCCCCCCCCCCCC.CCCCCCCCCCCCCCCCCCN(C)CCCCCCCCCCCCCCCCCC.CCCCCCCCCCCCN(C)CCCCCCCC. The first-order valence-corrected chi connectivity index (χ1v) is 49.5. The van der Waals surface area contributed by atoms with Crippen LogP contribution in [-0.4, -0.2) is 75.1 Å². The van der Waals surface area contributed by atoms with E-state index in [1.165, 1.54) is 579 Å². The summed E-state index contributed by atoms with van der Waals surface area (Å²) in [7, 11) is 7.00. The highest BCUT2D eigenvalue weighted by Gasteiger charge is 2.05. The molecule has 0 aliphatic carbocycles. The highest BCUT2D eigenvalue weighted by molar-refractivity contribution is 4.61. The molecule has 618 valence electrons. The fraction of sp³-hybridized carbons (Fsp3) is 1.00. The van der Waals surface area contributed by atoms with Crippen molar-refractivity contribution in [2.75, 3.05) is 60.4 Å². The van der Waals surface area contributed by atoms with Gasteiger partial charge in [-0.2, -0.15) is 0 Å². The van der Waals surface area contributed by atoms with E-state index in [2.05, 4.69) is 77.4 Å². The molecule has 0 aromatic carbocycles. The molecule has 0 fully saturated rings. The number of nitrogens with zero attached hydrogens (tertiary/aromatic N) is 3. The summed E-state index contributed by atoms with van der Waals surface area (Å²) >= 11 is 0. The molecule has 0 saturated heterocycles. The lowest BCUT2D eigenvalue weighted by Crippen LogP contribution is -2.20. The zero-order chi connectivity index (χ0) is 74.4. The van der Waals surface area contributed by atoms with Crippen LogP contribution < -0.4 is 0 Å². The zero-order valence-electron chi connectivity index (χ0n) is 74.0. The second-order valence-electron chi connectivity index (χ2n) is 34.5. The molecule has 0 rings (SSSR count). The first kappa shape index (κ1) is 106. The van der Waals surface area contributed by atoms with Crippen molar-refractivity contribution in [3.8, 4) is 0 Å². The Morgan fingerprint density at radius 1 is 0.0882 bits per heavy atom. The summed E-state index contributed by atoms with van der Waals surface area (Å²) in [4.78, 5) is 7.73. The van der Waals surface area contributed by atoms with E-state index in [9.17, 15) is 0 Å². The summed E-state index contributed by atoms with van der Waals surface area (Å²) in [5.74, 6) is 0. The summed E-state index contributed by atoms with van der Waals surface area (Å²) < 4.78 is 0. The van der Waals surface area contributed by atoms with Crippen molar-refractivity contribution in [2.24, 2.45) is 0 Å². The monoisotopic (exact) mass is 1440 g/mol. The van der Waals surface area contributed by atoms with Crippen LogP contribution in [0.1, 0.15) is 581 Å². The van der Waals surface area contributed by atoms with Gasteiger partial charge >= 0.3 is 0 Å². The van der Waals surface area contributed by atoms with Gasteiger partial charge in [-0.25, -0.2) is 0 Å². The molecule has 0 amide bonds. The minimum atomic E-state index is 1.31. The third kappa shape index (κ3) is 106. The van der Waals surface area contributed by atoms with Crippen molar-refractivity contribution in [3.05, 3.63) is 0 Å². The standard InChI is InChI=1S/C41H85N.C37H77N.C21H45N/c1-4-6-8-10-12-14-16-18-20-22-24-26-28-30-32-34-36-38-40-42(3)41-39-37-35-33-31-29-27-25-23-21-19-17-15-13-11-9-7-5-2;1-4-6-8-10-12-14-16-18-20-22-24-26-28-30-32-34-36-38(3)37-35-33-31-29-27-25-23-21-19-17-15-13-11-9-7-5-2;1-4-6-8-10-12-13-14-15-17-19-21-22(3)20-18-16-11-9-7-5-2/h4-41H2,1-3H3;4-37H2,1-3H3;4-21H2,1-3H3. The van der Waals surface area contributed by atoms with Crippen molar-refractivity contribution < 1.29 is 0 Å². The molecule has 0 heterocycles. The minimum Gasteiger partial charge on any atom is -0.306 e. The quantitative estimate of drug-likeness (QED) is 0.0562. The molecule has 0 saturated carbocycles. The molecule has 0 atom stereocenters. The molecule has 0 N–H and O–H groups in total. The predicted molar refractivity (Wildman–Crippen MR) is 474 cm³/mol. The average molecular weight is 1440 g/mol. The Labute approximate surface area is 652 Å². The molecular formula is C99H207N3. The predicted octanol–water partition coefficient (Wildman–Crippen LogP) is 35.6. The number of unbranched alkanes of at least 4 members (excludes halogenated alkanes) is 78. The largest absolute Gasteiger partial charge is 0.306 e. The van der Waals surface area contributed by atoms with Crippen LogP contribution >= 0.6 is 0 Å². The molecule has 0 aliphatic heterocycles. The van der Waals surface area contributed by atoms with Crippen LogP contribution in [0.15, 0.2) is 0 Å². The molecule has 0 aromatic rings. The second kappa shape index (κ2) is 103. The van der Waals surface area contributed by atoms with Crippen molar-refractivity contribution >= 4 is 0 Å². The molecule has 0 radical (unpaired) electrons. The van der Waals surface area contributed by atoms with Gasteiger partial charge in [-0.15, -0.1) is 0 Å². The molecule has 0 unspecified atom stereocenters. The second-order valence-corrected chi connectivity index (χ2v) is 34.5. The van der Waals surface area contributed by atoms with Crippen LogP contribution in [0.4, 0.5) is 0 Å². The lowest BCUT2D eigenvalue weighted by Gasteiger charge is -2.16. The van der Waals surface area contributed by atoms with Gasteiger partial charge in [0.1, 0.15) is 0 Å². The lowest BCUT2D eigenvalue weighted by molar-refractivity contribution is 0.314. The third-order valence-corrected chi connectivity index (χ3v) is 23.4. The maximum Gasteiger partial charge on any atom is -0.00218 e. The summed E-state index contributed by atoms with van der Waals surface area (Å²) in [6.45, 7) is 21.7. The van der Waals surface area contributed by atoms with Gasteiger partial charge in [-0.1, -0.05) is 542 Å². The Balaban J connectivity index is -0.00000151. The van der Waals surface area contributed by atoms with Gasteiger partial charge in [0.25, 0.3) is 0 Å². The zero-order valence-corrected chi connectivity index (χ0v) is 74.0. The number of hydrogen-bond acceptors (Lipinski definition) is 3. The Morgan fingerprint density at radius 3 is 0.216 bits per heavy atom. The van der Waals surface area contributed by atoms with E-state index in [-0.39, 0.29) is 0 Å². The molecule has 0 spiro atoms. The third-order valence-electron chi connectivity index (χ3n) is 23.4. The van der Waals surface area contributed by atoms with Gasteiger partial charge in [-0.3, -0.25) is 0 Å². The van der Waals surface area contributed by atoms with Gasteiger partial charge < -0.3 is 14.7 Å². The molecule has 0 aliphatic rings. The summed E-state index contributed by atoms with van der Waals surface area (Å²) in [6.07, 6.45) is 123. The van der Waals surface area contributed by atoms with E-state index in [4.69, 9.17) is 0 Å². The summed E-state index contributed by atoms with van der Waals surface area (Å²) in [5, 5.41) is 0. The fourth-order valence-electron chi connectivity index (χ4n) is 15.8. The average Bonchev–Trinajstić information content (AvgIpc) is 3.83. The Hall–Kier alpha value is -0.120. The highest BCUT2D eigenvalue weighted by Crippen LogP contribution is 2.21. The van der Waals surface area contributed by atoms with E-state index < -0.39 is 0 Å². The van der Waals surface area contributed by atoms with Crippen molar-refractivity contribution in [1.29, 1.82) is 0 Å². The van der Waals surface area contributed by atoms with Crippen LogP contribution in [0.2, 0.25) is 0 Å². The van der Waals surface area contributed by atoms with Crippen molar-refractivity contribution in [2.45, 2.75) is 581 Å². The van der Waals surface area contributed by atoms with Crippen LogP contribution in [0.3, 0.4) is 0 Å². The maximum atomic E-state index is 2.60. The first-order valence-electron chi connectivity index (χ1n) is 49.5. The Bertz CT molecular complexity index is 1260.